The van der Waals surface area contributed by atoms with Crippen molar-refractivity contribution >= 4 is 42.1 Å². The lowest BCUT2D eigenvalue weighted by molar-refractivity contribution is 0.183. The molecule has 1 N–H and O–H groups in total. The molecule has 0 spiro atoms. The highest BCUT2D eigenvalue weighted by molar-refractivity contribution is 6.30. The highest BCUT2D eigenvalue weighted by Crippen LogP contribution is 2.23. The monoisotopic (exact) mass is 450 g/mol. The third-order valence-electron chi connectivity index (χ3n) is 5.04. The Morgan fingerprint density at radius 3 is 2.46 bits per heavy atom. The molecule has 0 aliphatic carbocycles. The van der Waals surface area contributed by atoms with E-state index in [1.54, 1.807) is 6.07 Å². The molecule has 0 bridgehead atoms. The second kappa shape index (κ2) is 12.5. The van der Waals surface area contributed by atoms with Gasteiger partial charge in [-0.3, -0.25) is 0 Å². The van der Waals surface area contributed by atoms with E-state index in [-0.39, 0.29) is 24.8 Å². The fourth-order valence-corrected chi connectivity index (χ4v) is 3.74. The largest absolute Gasteiger partial charge is 0.385 e. The van der Waals surface area contributed by atoms with Gasteiger partial charge in [-0.25, -0.2) is 8.78 Å². The quantitative estimate of drug-likeness (QED) is 0.503. The molecule has 1 fully saturated rings. The number of hydrogen-bond acceptors (Lipinski definition) is 2. The molecule has 28 heavy (non-hydrogen) atoms. The molecule has 0 atom stereocenters. The summed E-state index contributed by atoms with van der Waals surface area (Å²) in [5.41, 5.74) is 1.69. The van der Waals surface area contributed by atoms with Crippen LogP contribution in [0.15, 0.2) is 42.5 Å². The SMILES string of the molecule is Cl.Cl.Fc1ccc(CC2CCN(CCCNc3cccc(Cl)c3)CC2)c(F)c1. The number of piperidine rings is 1. The minimum Gasteiger partial charge on any atom is -0.385 e. The molecule has 1 aliphatic rings. The van der Waals surface area contributed by atoms with E-state index in [4.69, 9.17) is 11.6 Å². The van der Waals surface area contributed by atoms with Crippen LogP contribution in [0.3, 0.4) is 0 Å². The summed E-state index contributed by atoms with van der Waals surface area (Å²) in [6, 6.07) is 11.7. The number of halogens is 5. The Labute approximate surface area is 183 Å². The van der Waals surface area contributed by atoms with Gasteiger partial charge in [0.05, 0.1) is 0 Å². The Kier molecular flexibility index (Phi) is 11.1. The van der Waals surface area contributed by atoms with Gasteiger partial charge in [-0.2, -0.15) is 0 Å². The van der Waals surface area contributed by atoms with Gasteiger partial charge in [-0.15, -0.1) is 24.8 Å². The Balaban J connectivity index is 0.00000196. The molecule has 0 aromatic heterocycles. The van der Waals surface area contributed by atoms with Crippen LogP contribution in [-0.2, 0) is 6.42 Å². The van der Waals surface area contributed by atoms with E-state index in [9.17, 15) is 8.78 Å². The molecule has 1 heterocycles. The first-order valence-corrected chi connectivity index (χ1v) is 9.63. The van der Waals surface area contributed by atoms with E-state index in [1.807, 2.05) is 24.3 Å². The standard InChI is InChI=1S/C21H25ClF2N2.2ClH/c22-18-3-1-4-20(14-18)25-9-2-10-26-11-7-16(8-12-26)13-17-5-6-19(23)15-21(17)24;;/h1,3-6,14-16,25H,2,7-13H2;2*1H. The summed E-state index contributed by atoms with van der Waals surface area (Å²) >= 11 is 5.98. The van der Waals surface area contributed by atoms with Gasteiger partial charge in [-0.1, -0.05) is 23.7 Å². The van der Waals surface area contributed by atoms with Gasteiger partial charge in [0.1, 0.15) is 11.6 Å². The number of nitrogens with one attached hydrogen (secondary N) is 1. The normalized spacial score (nSPS) is 14.8. The number of rotatable bonds is 7. The summed E-state index contributed by atoms with van der Waals surface area (Å²) in [5, 5.41) is 4.14. The summed E-state index contributed by atoms with van der Waals surface area (Å²) < 4.78 is 26.8. The van der Waals surface area contributed by atoms with Gasteiger partial charge in [0.15, 0.2) is 0 Å². The van der Waals surface area contributed by atoms with Crippen molar-refractivity contribution in [1.82, 2.24) is 4.90 Å². The summed E-state index contributed by atoms with van der Waals surface area (Å²) in [4.78, 5) is 2.47. The molecule has 0 radical (unpaired) electrons. The van der Waals surface area contributed by atoms with Crippen molar-refractivity contribution in [2.45, 2.75) is 25.7 Å². The van der Waals surface area contributed by atoms with Crippen LogP contribution in [0.1, 0.15) is 24.8 Å². The molecular weight excluding hydrogens is 425 g/mol. The Hall–Kier alpha value is -1.07. The zero-order chi connectivity index (χ0) is 18.4. The molecule has 7 heteroatoms. The van der Waals surface area contributed by atoms with Crippen molar-refractivity contribution in [2.24, 2.45) is 5.92 Å². The maximum absolute atomic E-state index is 13.8. The first-order valence-electron chi connectivity index (χ1n) is 9.26. The van der Waals surface area contributed by atoms with Gasteiger partial charge < -0.3 is 10.2 Å². The van der Waals surface area contributed by atoms with Crippen molar-refractivity contribution in [3.63, 3.8) is 0 Å². The first-order chi connectivity index (χ1) is 12.6. The lowest BCUT2D eigenvalue weighted by atomic mass is 9.90. The predicted octanol–water partition coefficient (Wildman–Crippen LogP) is 6.22. The molecule has 0 saturated carbocycles. The number of hydrogen-bond donors (Lipinski definition) is 1. The van der Waals surface area contributed by atoms with E-state index in [1.165, 1.54) is 6.07 Å². The molecule has 0 unspecified atom stereocenters. The van der Waals surface area contributed by atoms with Crippen LogP contribution in [0, 0.1) is 17.6 Å². The maximum atomic E-state index is 13.8. The van der Waals surface area contributed by atoms with Gasteiger partial charge in [-0.05, 0) is 81.1 Å². The average molecular weight is 452 g/mol. The second-order valence-electron chi connectivity index (χ2n) is 7.02. The van der Waals surface area contributed by atoms with Crippen molar-refractivity contribution < 1.29 is 8.78 Å². The topological polar surface area (TPSA) is 15.3 Å². The molecule has 3 rings (SSSR count). The average Bonchev–Trinajstić information content (AvgIpc) is 2.62. The van der Waals surface area contributed by atoms with E-state index in [2.05, 4.69) is 10.2 Å². The van der Waals surface area contributed by atoms with Crippen LogP contribution >= 0.6 is 36.4 Å². The van der Waals surface area contributed by atoms with Crippen LogP contribution in [0.4, 0.5) is 14.5 Å². The molecular formula is C21H27Cl3F2N2. The van der Waals surface area contributed by atoms with Crippen molar-refractivity contribution in [3.05, 3.63) is 64.7 Å². The van der Waals surface area contributed by atoms with Gasteiger partial charge in [0.25, 0.3) is 0 Å². The zero-order valence-electron chi connectivity index (χ0n) is 15.7. The molecule has 2 aromatic rings. The van der Waals surface area contributed by atoms with Gasteiger partial charge >= 0.3 is 0 Å². The van der Waals surface area contributed by atoms with Crippen molar-refractivity contribution in [2.75, 3.05) is 31.5 Å². The highest BCUT2D eigenvalue weighted by Gasteiger charge is 2.20. The summed E-state index contributed by atoms with van der Waals surface area (Å²) in [6.07, 6.45) is 3.91. The fraction of sp³-hybridized carbons (Fsp3) is 0.429. The van der Waals surface area contributed by atoms with Crippen LogP contribution in [0.5, 0.6) is 0 Å². The van der Waals surface area contributed by atoms with Gasteiger partial charge in [0.2, 0.25) is 0 Å². The first kappa shape index (κ1) is 25.0. The number of likely N-dealkylation sites (tertiary alicyclic amines) is 1. The third kappa shape index (κ3) is 7.75. The van der Waals surface area contributed by atoms with Gasteiger partial charge in [0, 0.05) is 23.3 Å². The Morgan fingerprint density at radius 2 is 1.79 bits per heavy atom. The van der Waals surface area contributed by atoms with E-state index < -0.39 is 11.6 Å². The Bertz CT molecular complexity index is 723. The maximum Gasteiger partial charge on any atom is 0.129 e. The summed E-state index contributed by atoms with van der Waals surface area (Å²) in [5.74, 6) is -0.442. The van der Waals surface area contributed by atoms with Crippen LogP contribution < -0.4 is 5.32 Å². The molecule has 2 aromatic carbocycles. The smallest absolute Gasteiger partial charge is 0.129 e. The fourth-order valence-electron chi connectivity index (χ4n) is 3.55. The minimum absolute atomic E-state index is 0. The lowest BCUT2D eigenvalue weighted by Crippen LogP contribution is -2.35. The van der Waals surface area contributed by atoms with Crippen LogP contribution in [-0.4, -0.2) is 31.1 Å². The second-order valence-corrected chi connectivity index (χ2v) is 7.45. The molecule has 1 aliphatic heterocycles. The van der Waals surface area contributed by atoms with Crippen molar-refractivity contribution in [1.29, 1.82) is 0 Å². The number of benzene rings is 2. The molecule has 2 nitrogen and oxygen atoms in total. The predicted molar refractivity (Wildman–Crippen MR) is 118 cm³/mol. The van der Waals surface area contributed by atoms with E-state index >= 15 is 0 Å². The molecule has 156 valence electrons. The summed E-state index contributed by atoms with van der Waals surface area (Å²) in [7, 11) is 0. The molecule has 1 saturated heterocycles. The number of anilines is 1. The third-order valence-corrected chi connectivity index (χ3v) is 5.27. The summed E-state index contributed by atoms with van der Waals surface area (Å²) in [6.45, 7) is 4.07. The Morgan fingerprint density at radius 1 is 1.04 bits per heavy atom. The number of nitrogens with zero attached hydrogens (tertiary/aromatic N) is 1. The molecule has 0 amide bonds. The highest BCUT2D eigenvalue weighted by atomic mass is 35.5. The van der Waals surface area contributed by atoms with Crippen LogP contribution in [0.2, 0.25) is 5.02 Å². The van der Waals surface area contributed by atoms with Crippen LogP contribution in [0.25, 0.3) is 0 Å². The minimum atomic E-state index is -0.507. The van der Waals surface area contributed by atoms with E-state index in [0.717, 1.165) is 62.2 Å². The zero-order valence-corrected chi connectivity index (χ0v) is 18.1. The van der Waals surface area contributed by atoms with Crippen molar-refractivity contribution in [3.8, 4) is 0 Å². The van der Waals surface area contributed by atoms with E-state index in [0.29, 0.717) is 17.9 Å². The lowest BCUT2D eigenvalue weighted by Gasteiger charge is -2.32.